The van der Waals surface area contributed by atoms with Crippen LogP contribution in [0.25, 0.3) is 0 Å². The molecule has 4 rings (SSSR count). The topological polar surface area (TPSA) is 29.5 Å². The molecule has 0 aromatic heterocycles. The second-order valence-corrected chi connectivity index (χ2v) is 9.45. The van der Waals surface area contributed by atoms with Crippen LogP contribution in [0.1, 0.15) is 29.2 Å². The number of carbonyl (C=O) groups is 1. The minimum atomic E-state index is -0.360. The van der Waals surface area contributed by atoms with Gasteiger partial charge in [0.2, 0.25) is 0 Å². The van der Waals surface area contributed by atoms with Crippen molar-refractivity contribution in [2.45, 2.75) is 25.5 Å². The monoisotopic (exact) mass is 581 g/mol. The Morgan fingerprint density at radius 2 is 1.93 bits per heavy atom. The van der Waals surface area contributed by atoms with Gasteiger partial charge in [0.05, 0.1) is 11.7 Å². The molecule has 0 spiro atoms. The van der Waals surface area contributed by atoms with Crippen molar-refractivity contribution in [1.29, 1.82) is 0 Å². The average molecular weight is 583 g/mol. The third-order valence-electron chi connectivity index (χ3n) is 4.98. The second kappa shape index (κ2) is 9.06. The first kappa shape index (κ1) is 20.7. The van der Waals surface area contributed by atoms with Gasteiger partial charge in [0.25, 0.3) is 0 Å². The van der Waals surface area contributed by atoms with Crippen LogP contribution in [0.3, 0.4) is 0 Å². The maximum atomic E-state index is 13.3. The van der Waals surface area contributed by atoms with E-state index < -0.39 is 0 Å². The number of halogens is 3. The van der Waals surface area contributed by atoms with Gasteiger partial charge in [-0.25, -0.2) is 4.79 Å². The molecule has 1 amide bonds. The molecule has 0 bridgehead atoms. The molecule has 0 fully saturated rings. The van der Waals surface area contributed by atoms with E-state index in [4.69, 9.17) is 16.3 Å². The first-order chi connectivity index (χ1) is 14.0. The van der Waals surface area contributed by atoms with Gasteiger partial charge < -0.3 is 4.74 Å². The van der Waals surface area contributed by atoms with Gasteiger partial charge in [0.15, 0.2) is 0 Å². The average Bonchev–Trinajstić information content (AvgIpc) is 2.72. The first-order valence-electron chi connectivity index (χ1n) is 9.26. The third-order valence-corrected chi connectivity index (χ3v) is 6.44. The molecule has 1 heterocycles. The molecular formula is C23H18BrClINO2. The summed E-state index contributed by atoms with van der Waals surface area (Å²) in [5.74, 6) is 0. The van der Waals surface area contributed by atoms with Crippen LogP contribution in [0.5, 0.6) is 0 Å². The van der Waals surface area contributed by atoms with E-state index in [-0.39, 0.29) is 18.7 Å². The molecule has 1 unspecified atom stereocenters. The van der Waals surface area contributed by atoms with E-state index in [1.165, 1.54) is 0 Å². The van der Waals surface area contributed by atoms with Gasteiger partial charge in [-0.05, 0) is 92.3 Å². The minimum Gasteiger partial charge on any atom is -0.444 e. The molecule has 148 valence electrons. The Labute approximate surface area is 197 Å². The summed E-state index contributed by atoms with van der Waals surface area (Å²) in [4.78, 5) is 15.1. The van der Waals surface area contributed by atoms with E-state index in [9.17, 15) is 4.79 Å². The van der Waals surface area contributed by atoms with Crippen LogP contribution in [0, 0.1) is 3.57 Å². The number of rotatable bonds is 3. The molecule has 3 aromatic rings. The van der Waals surface area contributed by atoms with Crippen LogP contribution >= 0.6 is 50.1 Å². The smallest absolute Gasteiger partial charge is 0.415 e. The van der Waals surface area contributed by atoms with Crippen LogP contribution in [-0.4, -0.2) is 6.09 Å². The highest BCUT2D eigenvalue weighted by Crippen LogP contribution is 2.44. The molecule has 1 aliphatic heterocycles. The van der Waals surface area contributed by atoms with Crippen molar-refractivity contribution >= 4 is 61.9 Å². The number of nitrogens with zero attached hydrogens (tertiary/aromatic N) is 1. The van der Waals surface area contributed by atoms with Gasteiger partial charge in [-0.2, -0.15) is 0 Å². The number of ether oxygens (including phenoxy) is 1. The maximum absolute atomic E-state index is 13.3. The molecule has 0 aliphatic carbocycles. The first-order valence-corrected chi connectivity index (χ1v) is 11.5. The largest absolute Gasteiger partial charge is 0.444 e. The van der Waals surface area contributed by atoms with Crippen LogP contribution < -0.4 is 4.90 Å². The van der Waals surface area contributed by atoms with Crippen molar-refractivity contribution < 1.29 is 9.53 Å². The highest BCUT2D eigenvalue weighted by molar-refractivity contribution is 14.1. The number of hydrogen-bond donors (Lipinski definition) is 0. The molecule has 0 N–H and O–H groups in total. The molecule has 6 heteroatoms. The highest BCUT2D eigenvalue weighted by atomic mass is 127. The van der Waals surface area contributed by atoms with Gasteiger partial charge >= 0.3 is 6.09 Å². The molecule has 0 saturated heterocycles. The van der Waals surface area contributed by atoms with Crippen molar-refractivity contribution in [3.63, 3.8) is 0 Å². The zero-order valence-corrected chi connectivity index (χ0v) is 19.9. The van der Waals surface area contributed by atoms with Gasteiger partial charge in [-0.15, -0.1) is 0 Å². The van der Waals surface area contributed by atoms with Gasteiger partial charge in [0, 0.05) is 13.1 Å². The minimum absolute atomic E-state index is 0.138. The number of carbonyl (C=O) groups excluding carboxylic acids is 1. The summed E-state index contributed by atoms with van der Waals surface area (Å²) in [6.07, 6.45) is 1.33. The van der Waals surface area contributed by atoms with Crippen LogP contribution in [-0.2, 0) is 17.8 Å². The predicted octanol–water partition coefficient (Wildman–Crippen LogP) is 7.54. The SMILES string of the molecule is O=C(OCc1ccccc1)N1c2c(Br)cc(I)cc2CCC1c1cccc(Cl)c1. The van der Waals surface area contributed by atoms with Gasteiger partial charge in [-0.3, -0.25) is 4.90 Å². The molecule has 29 heavy (non-hydrogen) atoms. The van der Waals surface area contributed by atoms with Crippen LogP contribution in [0.15, 0.2) is 71.2 Å². The van der Waals surface area contributed by atoms with E-state index in [0.29, 0.717) is 5.02 Å². The Kier molecular flexibility index (Phi) is 6.47. The molecule has 3 nitrogen and oxygen atoms in total. The van der Waals surface area contributed by atoms with E-state index in [1.807, 2.05) is 60.7 Å². The lowest BCUT2D eigenvalue weighted by Crippen LogP contribution is -2.39. The molecule has 1 atom stereocenters. The zero-order valence-electron chi connectivity index (χ0n) is 15.4. The van der Waals surface area contributed by atoms with Crippen molar-refractivity contribution in [1.82, 2.24) is 0 Å². The van der Waals surface area contributed by atoms with E-state index in [0.717, 1.165) is 43.3 Å². The summed E-state index contributed by atoms with van der Waals surface area (Å²) in [5.41, 5.74) is 3.97. The van der Waals surface area contributed by atoms with Crippen molar-refractivity contribution in [3.8, 4) is 0 Å². The standard InChI is InChI=1S/C23H18BrClINO2/c24-20-13-19(26)12-17-9-10-21(16-7-4-8-18(25)11-16)27(22(17)20)23(28)29-14-15-5-2-1-3-6-15/h1-8,11-13,21H,9-10,14H2. The Morgan fingerprint density at radius 3 is 2.69 bits per heavy atom. The number of anilines is 1. The van der Waals surface area contributed by atoms with Crippen molar-refractivity contribution in [3.05, 3.63) is 96.5 Å². The number of benzene rings is 3. The Hall–Kier alpha value is -1.57. The summed E-state index contributed by atoms with van der Waals surface area (Å²) in [7, 11) is 0. The van der Waals surface area contributed by atoms with E-state index in [1.54, 1.807) is 4.90 Å². The second-order valence-electron chi connectivity index (χ2n) is 6.92. The number of hydrogen-bond acceptors (Lipinski definition) is 2. The van der Waals surface area contributed by atoms with Crippen molar-refractivity contribution in [2.24, 2.45) is 0 Å². The molecular weight excluding hydrogens is 565 g/mol. The number of aryl methyl sites for hydroxylation is 1. The lowest BCUT2D eigenvalue weighted by Gasteiger charge is -2.37. The molecule has 0 radical (unpaired) electrons. The van der Waals surface area contributed by atoms with E-state index in [2.05, 4.69) is 44.6 Å². The Morgan fingerprint density at radius 1 is 1.14 bits per heavy atom. The lowest BCUT2D eigenvalue weighted by atomic mass is 9.91. The normalized spacial score (nSPS) is 15.7. The lowest BCUT2D eigenvalue weighted by molar-refractivity contribution is 0.143. The van der Waals surface area contributed by atoms with Gasteiger partial charge in [0.1, 0.15) is 6.61 Å². The number of amides is 1. The quantitative estimate of drug-likeness (QED) is 0.299. The molecule has 1 aliphatic rings. The summed E-state index contributed by atoms with van der Waals surface area (Å²) in [5, 5.41) is 0.660. The third kappa shape index (κ3) is 4.62. The number of fused-ring (bicyclic) bond motifs is 1. The summed E-state index contributed by atoms with van der Waals surface area (Å²) in [6.45, 7) is 0.232. The van der Waals surface area contributed by atoms with Crippen molar-refractivity contribution in [2.75, 3.05) is 4.90 Å². The Balaban J connectivity index is 1.71. The molecule has 0 saturated carbocycles. The summed E-state index contributed by atoms with van der Waals surface area (Å²) in [6, 6.07) is 21.4. The van der Waals surface area contributed by atoms with Crippen LogP contribution in [0.2, 0.25) is 5.02 Å². The maximum Gasteiger partial charge on any atom is 0.415 e. The summed E-state index contributed by atoms with van der Waals surface area (Å²) >= 11 is 12.2. The van der Waals surface area contributed by atoms with Crippen LogP contribution in [0.4, 0.5) is 10.5 Å². The molecule has 3 aromatic carbocycles. The summed E-state index contributed by atoms with van der Waals surface area (Å²) < 4.78 is 7.75. The predicted molar refractivity (Wildman–Crippen MR) is 128 cm³/mol. The zero-order chi connectivity index (χ0) is 20.4. The fraction of sp³-hybridized carbons (Fsp3) is 0.174. The fourth-order valence-corrected chi connectivity index (χ4v) is 5.70. The fourth-order valence-electron chi connectivity index (χ4n) is 3.69. The van der Waals surface area contributed by atoms with Gasteiger partial charge in [-0.1, -0.05) is 54.1 Å². The highest BCUT2D eigenvalue weighted by Gasteiger charge is 2.35. The van der Waals surface area contributed by atoms with E-state index >= 15 is 0 Å². The Bertz CT molecular complexity index is 1040.